The van der Waals surface area contributed by atoms with E-state index in [1.165, 1.54) is 18.3 Å². The summed E-state index contributed by atoms with van der Waals surface area (Å²) in [7, 11) is 0. The lowest BCUT2D eigenvalue weighted by Crippen LogP contribution is -2.36. The van der Waals surface area contributed by atoms with Gasteiger partial charge in [-0.15, -0.1) is 0 Å². The average Bonchev–Trinajstić information content (AvgIpc) is 2.80. The van der Waals surface area contributed by atoms with Crippen LogP contribution in [0, 0.1) is 11.3 Å². The third-order valence-electron chi connectivity index (χ3n) is 4.45. The predicted octanol–water partition coefficient (Wildman–Crippen LogP) is 2.16. The Morgan fingerprint density at radius 2 is 1.94 bits per heavy atom. The molecular weight excluding hydrogens is 420 g/mol. The molecule has 2 aromatic carbocycles. The van der Waals surface area contributed by atoms with Gasteiger partial charge in [0.1, 0.15) is 11.4 Å². The number of carbonyl (C=O) groups is 2. The molecular formula is C23H20N8O2. The average molecular weight is 440 g/mol. The highest BCUT2D eigenvalue weighted by atomic mass is 16.2. The van der Waals surface area contributed by atoms with Crippen LogP contribution < -0.4 is 22.1 Å². The maximum absolute atomic E-state index is 12.7. The number of hydrogen-bond acceptors (Lipinski definition) is 7. The topological polar surface area (TPSA) is 172 Å². The molecule has 0 unspecified atom stereocenters. The predicted molar refractivity (Wildman–Crippen MR) is 127 cm³/mol. The van der Waals surface area contributed by atoms with Crippen molar-refractivity contribution in [1.29, 1.82) is 5.26 Å². The molecule has 0 radical (unpaired) electrons. The minimum absolute atomic E-state index is 0.0368. The van der Waals surface area contributed by atoms with Crippen molar-refractivity contribution < 1.29 is 9.59 Å². The van der Waals surface area contributed by atoms with Gasteiger partial charge in [0.2, 0.25) is 0 Å². The third-order valence-corrected chi connectivity index (χ3v) is 4.45. The molecule has 2 amide bonds. The zero-order valence-corrected chi connectivity index (χ0v) is 17.4. The van der Waals surface area contributed by atoms with E-state index in [1.54, 1.807) is 12.3 Å². The number of guanidine groups is 1. The number of nitriles is 1. The standard InChI is InChI=1S/C23H20N8O2/c1-2-27-23(26)31-21(32)17-9-14(7-8-24)10-18(25)20(17)29-13-30-22(33)19-11-15-5-3-4-6-16(15)12-28-19/h2-6,9-13H,1,7,25H2,(H,29,30,33)(H3,26,27,31,32). The minimum atomic E-state index is -0.640. The van der Waals surface area contributed by atoms with Crippen molar-refractivity contribution in [3.05, 3.63) is 78.3 Å². The summed E-state index contributed by atoms with van der Waals surface area (Å²) >= 11 is 0. The molecule has 0 aliphatic rings. The van der Waals surface area contributed by atoms with Crippen molar-refractivity contribution >= 4 is 46.3 Å². The highest BCUT2D eigenvalue weighted by Gasteiger charge is 2.16. The Bertz CT molecular complexity index is 1340. The number of hydrogen-bond donors (Lipinski definition) is 4. The quantitative estimate of drug-likeness (QED) is 0.260. The van der Waals surface area contributed by atoms with E-state index in [1.807, 2.05) is 30.3 Å². The molecule has 10 nitrogen and oxygen atoms in total. The maximum Gasteiger partial charge on any atom is 0.274 e. The highest BCUT2D eigenvalue weighted by molar-refractivity contribution is 6.10. The Balaban J connectivity index is 1.86. The van der Waals surface area contributed by atoms with Crippen molar-refractivity contribution in [2.75, 3.05) is 5.73 Å². The number of nitrogens with one attached hydrogen (secondary N) is 2. The van der Waals surface area contributed by atoms with Gasteiger partial charge in [0.05, 0.1) is 30.1 Å². The first-order chi connectivity index (χ1) is 15.9. The Morgan fingerprint density at radius 3 is 2.67 bits per heavy atom. The monoisotopic (exact) mass is 440 g/mol. The van der Waals surface area contributed by atoms with E-state index in [0.29, 0.717) is 5.56 Å². The number of benzene rings is 2. The fourth-order valence-electron chi connectivity index (χ4n) is 2.98. The second-order valence-corrected chi connectivity index (χ2v) is 6.72. The van der Waals surface area contributed by atoms with Crippen LogP contribution in [0.15, 0.2) is 71.4 Å². The van der Waals surface area contributed by atoms with Crippen LogP contribution in [0.2, 0.25) is 0 Å². The molecule has 0 spiro atoms. The number of nitrogens with zero attached hydrogens (tertiary/aromatic N) is 4. The normalized spacial score (nSPS) is 11.2. The Morgan fingerprint density at radius 1 is 1.18 bits per heavy atom. The van der Waals surface area contributed by atoms with E-state index in [-0.39, 0.29) is 35.0 Å². The van der Waals surface area contributed by atoms with Gasteiger partial charge >= 0.3 is 0 Å². The first-order valence-electron chi connectivity index (χ1n) is 9.66. The van der Waals surface area contributed by atoms with Gasteiger partial charge in [-0.25, -0.2) is 9.98 Å². The lowest BCUT2D eigenvalue weighted by Gasteiger charge is -2.11. The van der Waals surface area contributed by atoms with Crippen LogP contribution in [0.25, 0.3) is 10.8 Å². The summed E-state index contributed by atoms with van der Waals surface area (Å²) in [5.74, 6) is -1.30. The summed E-state index contributed by atoms with van der Waals surface area (Å²) in [6, 6.07) is 14.2. The molecule has 0 bridgehead atoms. The van der Waals surface area contributed by atoms with Crippen LogP contribution >= 0.6 is 0 Å². The van der Waals surface area contributed by atoms with Crippen molar-refractivity contribution in [3.63, 3.8) is 0 Å². The Hall–Kier alpha value is -5.04. The number of aromatic nitrogens is 1. The molecule has 1 aromatic heterocycles. The Labute approximate surface area is 189 Å². The van der Waals surface area contributed by atoms with Crippen molar-refractivity contribution in [1.82, 2.24) is 15.6 Å². The van der Waals surface area contributed by atoms with Gasteiger partial charge in [-0.2, -0.15) is 5.26 Å². The van der Waals surface area contributed by atoms with Crippen LogP contribution in [0.5, 0.6) is 0 Å². The smallest absolute Gasteiger partial charge is 0.274 e. The molecule has 0 atom stereocenters. The van der Waals surface area contributed by atoms with Crippen LogP contribution in [0.3, 0.4) is 0 Å². The number of pyridine rings is 1. The number of nitrogen functional groups attached to an aromatic ring is 1. The number of fused-ring (bicyclic) bond motifs is 1. The lowest BCUT2D eigenvalue weighted by molar-refractivity contribution is 0.0968. The number of rotatable bonds is 6. The second-order valence-electron chi connectivity index (χ2n) is 6.72. The highest BCUT2D eigenvalue weighted by Crippen LogP contribution is 2.29. The van der Waals surface area contributed by atoms with E-state index < -0.39 is 11.8 Å². The van der Waals surface area contributed by atoms with Crippen molar-refractivity contribution in [2.24, 2.45) is 15.7 Å². The number of amides is 2. The first-order valence-corrected chi connectivity index (χ1v) is 9.66. The molecule has 1 heterocycles. The fourth-order valence-corrected chi connectivity index (χ4v) is 2.98. The summed E-state index contributed by atoms with van der Waals surface area (Å²) in [5, 5.41) is 15.6. The number of anilines is 1. The molecule has 6 N–H and O–H groups in total. The van der Waals surface area contributed by atoms with Crippen molar-refractivity contribution in [2.45, 2.75) is 6.42 Å². The largest absolute Gasteiger partial charge is 0.397 e. The van der Waals surface area contributed by atoms with Gasteiger partial charge < -0.3 is 16.8 Å². The minimum Gasteiger partial charge on any atom is -0.397 e. The molecule has 0 aliphatic carbocycles. The fraction of sp³-hybridized carbons (Fsp3) is 0.0435. The lowest BCUT2D eigenvalue weighted by atomic mass is 10.0. The zero-order valence-electron chi connectivity index (χ0n) is 17.4. The molecule has 0 fully saturated rings. The number of carbonyl (C=O) groups excluding carboxylic acids is 2. The SMILES string of the molecule is C=CN=C(N)NC(=O)c1cc(CC#N)cc(N)c1N=CNC(=O)c1cc2ccccc2cn1. The van der Waals surface area contributed by atoms with Crippen LogP contribution in [0.1, 0.15) is 26.4 Å². The molecule has 0 aliphatic heterocycles. The molecule has 3 rings (SSSR count). The first kappa shape index (κ1) is 22.6. The molecule has 3 aromatic rings. The van der Waals surface area contributed by atoms with E-state index in [2.05, 4.69) is 32.2 Å². The molecule has 0 saturated carbocycles. The molecule has 10 heteroatoms. The van der Waals surface area contributed by atoms with Crippen LogP contribution in [-0.2, 0) is 6.42 Å². The second kappa shape index (κ2) is 10.3. The van der Waals surface area contributed by atoms with Crippen LogP contribution in [0.4, 0.5) is 11.4 Å². The maximum atomic E-state index is 12.7. The number of nitrogens with two attached hydrogens (primary N) is 2. The van der Waals surface area contributed by atoms with Gasteiger partial charge in [-0.1, -0.05) is 30.8 Å². The zero-order chi connectivity index (χ0) is 23.8. The summed E-state index contributed by atoms with van der Waals surface area (Å²) in [5.41, 5.74) is 12.7. The number of aliphatic imine (C=N–C) groups is 2. The van der Waals surface area contributed by atoms with E-state index in [0.717, 1.165) is 17.1 Å². The summed E-state index contributed by atoms with van der Waals surface area (Å²) in [6.45, 7) is 3.41. The molecule has 164 valence electrons. The summed E-state index contributed by atoms with van der Waals surface area (Å²) in [4.78, 5) is 37.2. The van der Waals surface area contributed by atoms with Gasteiger partial charge in [0.15, 0.2) is 5.96 Å². The molecule has 0 saturated heterocycles. The van der Waals surface area contributed by atoms with E-state index in [9.17, 15) is 9.59 Å². The van der Waals surface area contributed by atoms with Gasteiger partial charge in [0.25, 0.3) is 11.8 Å². The summed E-state index contributed by atoms with van der Waals surface area (Å²) in [6.07, 6.45) is 3.93. The van der Waals surface area contributed by atoms with E-state index >= 15 is 0 Å². The Kier molecular flexibility index (Phi) is 7.08. The van der Waals surface area contributed by atoms with E-state index in [4.69, 9.17) is 16.7 Å². The van der Waals surface area contributed by atoms with Crippen LogP contribution in [-0.4, -0.2) is 29.1 Å². The third kappa shape index (κ3) is 5.56. The van der Waals surface area contributed by atoms with Gasteiger partial charge in [0, 0.05) is 17.8 Å². The van der Waals surface area contributed by atoms with Gasteiger partial charge in [-0.3, -0.25) is 19.9 Å². The van der Waals surface area contributed by atoms with Crippen molar-refractivity contribution in [3.8, 4) is 6.07 Å². The summed E-state index contributed by atoms with van der Waals surface area (Å²) < 4.78 is 0. The van der Waals surface area contributed by atoms with Gasteiger partial charge in [-0.05, 0) is 29.1 Å². The molecule has 33 heavy (non-hydrogen) atoms.